The zero-order chi connectivity index (χ0) is 15.5. The molecule has 0 saturated heterocycles. The third kappa shape index (κ3) is 3.37. The van der Waals surface area contributed by atoms with Gasteiger partial charge in [0.1, 0.15) is 0 Å². The highest BCUT2D eigenvalue weighted by Crippen LogP contribution is 2.25. The molecule has 2 aromatic carbocycles. The molecule has 0 heterocycles. The molecule has 0 aliphatic carbocycles. The molecule has 0 unspecified atom stereocenters. The molecule has 2 aromatic rings. The molecular formula is C18H19NO2. The van der Waals surface area contributed by atoms with E-state index in [1.165, 1.54) is 6.92 Å². The van der Waals surface area contributed by atoms with Crippen molar-refractivity contribution in [1.29, 1.82) is 0 Å². The summed E-state index contributed by atoms with van der Waals surface area (Å²) in [6.45, 7) is 5.30. The highest BCUT2D eigenvalue weighted by atomic mass is 16.2. The van der Waals surface area contributed by atoms with Gasteiger partial charge in [0, 0.05) is 11.3 Å². The molecule has 0 saturated carbocycles. The van der Waals surface area contributed by atoms with Crippen LogP contribution < -0.4 is 5.32 Å². The molecule has 1 amide bonds. The van der Waals surface area contributed by atoms with Crippen molar-refractivity contribution < 1.29 is 9.59 Å². The number of amides is 1. The number of benzene rings is 2. The van der Waals surface area contributed by atoms with Crippen LogP contribution in [0.4, 0.5) is 5.69 Å². The minimum Gasteiger partial charge on any atom is -0.325 e. The average molecular weight is 281 g/mol. The molecule has 3 nitrogen and oxygen atoms in total. The Bertz CT molecular complexity index is 643. The Kier molecular flexibility index (Phi) is 4.22. The van der Waals surface area contributed by atoms with Crippen LogP contribution in [-0.4, -0.2) is 11.7 Å². The van der Waals surface area contributed by atoms with E-state index in [-0.39, 0.29) is 11.7 Å². The fourth-order valence-corrected chi connectivity index (χ4v) is 2.06. The number of hydrogen-bond acceptors (Lipinski definition) is 2. The quantitative estimate of drug-likeness (QED) is 0.866. The van der Waals surface area contributed by atoms with E-state index >= 15 is 0 Å². The lowest BCUT2D eigenvalue weighted by Crippen LogP contribution is -2.34. The van der Waals surface area contributed by atoms with Crippen LogP contribution in [0.25, 0.3) is 0 Å². The van der Waals surface area contributed by atoms with Gasteiger partial charge in [0.15, 0.2) is 5.78 Å². The maximum Gasteiger partial charge on any atom is 0.234 e. The van der Waals surface area contributed by atoms with Gasteiger partial charge in [-0.2, -0.15) is 0 Å². The van der Waals surface area contributed by atoms with Crippen molar-refractivity contribution in [3.05, 3.63) is 65.7 Å². The zero-order valence-electron chi connectivity index (χ0n) is 12.5. The number of ketones is 1. The molecule has 108 valence electrons. The Morgan fingerprint density at radius 3 is 2.00 bits per heavy atom. The van der Waals surface area contributed by atoms with Gasteiger partial charge in [-0.25, -0.2) is 0 Å². The van der Waals surface area contributed by atoms with Gasteiger partial charge in [0.05, 0.1) is 5.41 Å². The summed E-state index contributed by atoms with van der Waals surface area (Å²) in [5, 5.41) is 2.90. The van der Waals surface area contributed by atoms with Crippen LogP contribution in [0.5, 0.6) is 0 Å². The van der Waals surface area contributed by atoms with E-state index in [0.29, 0.717) is 11.3 Å². The molecule has 3 heteroatoms. The third-order valence-corrected chi connectivity index (χ3v) is 3.61. The van der Waals surface area contributed by atoms with E-state index in [1.807, 2.05) is 44.2 Å². The lowest BCUT2D eigenvalue weighted by molar-refractivity contribution is -0.120. The second-order valence-corrected chi connectivity index (χ2v) is 5.58. The molecular weight excluding hydrogens is 262 g/mol. The molecule has 0 fully saturated rings. The van der Waals surface area contributed by atoms with Crippen LogP contribution in [0, 0.1) is 0 Å². The van der Waals surface area contributed by atoms with Crippen LogP contribution in [-0.2, 0) is 10.2 Å². The first-order chi connectivity index (χ1) is 9.91. The van der Waals surface area contributed by atoms with Gasteiger partial charge >= 0.3 is 0 Å². The van der Waals surface area contributed by atoms with E-state index in [0.717, 1.165) is 5.56 Å². The molecule has 0 aliphatic rings. The molecule has 0 radical (unpaired) electrons. The number of carbonyl (C=O) groups excluding carboxylic acids is 2. The zero-order valence-corrected chi connectivity index (χ0v) is 12.5. The standard InChI is InChI=1S/C18H19NO2/c1-13(20)14-9-11-16(12-10-14)19-17(21)18(2,3)15-7-5-4-6-8-15/h4-12H,1-3H3,(H,19,21). The summed E-state index contributed by atoms with van der Waals surface area (Å²) in [7, 11) is 0. The fraction of sp³-hybridized carbons (Fsp3) is 0.222. The number of nitrogens with one attached hydrogen (secondary N) is 1. The molecule has 21 heavy (non-hydrogen) atoms. The van der Waals surface area contributed by atoms with E-state index in [4.69, 9.17) is 0 Å². The summed E-state index contributed by atoms with van der Waals surface area (Å²) in [4.78, 5) is 23.7. The number of hydrogen-bond donors (Lipinski definition) is 1. The van der Waals surface area contributed by atoms with Crippen molar-refractivity contribution in [3.8, 4) is 0 Å². The van der Waals surface area contributed by atoms with E-state index < -0.39 is 5.41 Å². The molecule has 0 aliphatic heterocycles. The predicted molar refractivity (Wildman–Crippen MR) is 84.5 cm³/mol. The van der Waals surface area contributed by atoms with Gasteiger partial charge in [-0.05, 0) is 50.6 Å². The van der Waals surface area contributed by atoms with Crippen molar-refractivity contribution in [2.75, 3.05) is 5.32 Å². The van der Waals surface area contributed by atoms with E-state index in [9.17, 15) is 9.59 Å². The van der Waals surface area contributed by atoms with E-state index in [1.54, 1.807) is 24.3 Å². The average Bonchev–Trinajstić information content (AvgIpc) is 2.48. The smallest absolute Gasteiger partial charge is 0.234 e. The van der Waals surface area contributed by atoms with Crippen LogP contribution in [0.15, 0.2) is 54.6 Å². The van der Waals surface area contributed by atoms with Gasteiger partial charge in [-0.3, -0.25) is 9.59 Å². The minimum absolute atomic E-state index is 0.0116. The van der Waals surface area contributed by atoms with Crippen LogP contribution >= 0.6 is 0 Å². The largest absolute Gasteiger partial charge is 0.325 e. The predicted octanol–water partition coefficient (Wildman–Crippen LogP) is 3.81. The summed E-state index contributed by atoms with van der Waals surface area (Å²) >= 11 is 0. The Balaban J connectivity index is 2.15. The van der Waals surface area contributed by atoms with Crippen molar-refractivity contribution in [1.82, 2.24) is 0 Å². The first-order valence-corrected chi connectivity index (χ1v) is 6.89. The summed E-state index contributed by atoms with van der Waals surface area (Å²) in [6, 6.07) is 16.6. The maximum atomic E-state index is 12.5. The van der Waals surface area contributed by atoms with Crippen molar-refractivity contribution in [2.24, 2.45) is 0 Å². The third-order valence-electron chi connectivity index (χ3n) is 3.61. The van der Waals surface area contributed by atoms with Gasteiger partial charge in [0.2, 0.25) is 5.91 Å². The highest BCUT2D eigenvalue weighted by molar-refractivity contribution is 5.99. The minimum atomic E-state index is -0.624. The molecule has 1 N–H and O–H groups in total. The van der Waals surface area contributed by atoms with Crippen molar-refractivity contribution in [2.45, 2.75) is 26.2 Å². The molecule has 0 aromatic heterocycles. The molecule has 2 rings (SSSR count). The molecule has 0 bridgehead atoms. The summed E-state index contributed by atoms with van der Waals surface area (Å²) in [6.07, 6.45) is 0. The lowest BCUT2D eigenvalue weighted by Gasteiger charge is -2.24. The van der Waals surface area contributed by atoms with Crippen molar-refractivity contribution >= 4 is 17.4 Å². The monoisotopic (exact) mass is 281 g/mol. The van der Waals surface area contributed by atoms with Crippen molar-refractivity contribution in [3.63, 3.8) is 0 Å². The number of Topliss-reactive ketones (excluding diaryl/α,β-unsaturated/α-hetero) is 1. The van der Waals surface area contributed by atoms with Crippen LogP contribution in [0.2, 0.25) is 0 Å². The maximum absolute atomic E-state index is 12.5. The number of carbonyl (C=O) groups is 2. The second kappa shape index (κ2) is 5.92. The SMILES string of the molecule is CC(=O)c1ccc(NC(=O)C(C)(C)c2ccccc2)cc1. The normalized spacial score (nSPS) is 11.0. The fourth-order valence-electron chi connectivity index (χ4n) is 2.06. The second-order valence-electron chi connectivity index (χ2n) is 5.58. The molecule has 0 atom stereocenters. The van der Waals surface area contributed by atoms with E-state index in [2.05, 4.69) is 5.32 Å². The lowest BCUT2D eigenvalue weighted by atomic mass is 9.83. The Labute approximate surface area is 125 Å². The van der Waals surface area contributed by atoms with Crippen LogP contribution in [0.3, 0.4) is 0 Å². The van der Waals surface area contributed by atoms with Gasteiger partial charge in [-0.1, -0.05) is 30.3 Å². The van der Waals surface area contributed by atoms with Gasteiger partial charge in [-0.15, -0.1) is 0 Å². The first kappa shape index (κ1) is 15.0. The Hall–Kier alpha value is -2.42. The summed E-state index contributed by atoms with van der Waals surface area (Å²) < 4.78 is 0. The first-order valence-electron chi connectivity index (χ1n) is 6.89. The van der Waals surface area contributed by atoms with Crippen LogP contribution in [0.1, 0.15) is 36.7 Å². The molecule has 0 spiro atoms. The summed E-state index contributed by atoms with van der Waals surface area (Å²) in [5.74, 6) is -0.0678. The Morgan fingerprint density at radius 1 is 0.905 bits per heavy atom. The topological polar surface area (TPSA) is 46.2 Å². The highest BCUT2D eigenvalue weighted by Gasteiger charge is 2.29. The number of rotatable bonds is 4. The summed E-state index contributed by atoms with van der Waals surface area (Å²) in [5.41, 5.74) is 1.66. The van der Waals surface area contributed by atoms with Gasteiger partial charge in [0.25, 0.3) is 0 Å². The Morgan fingerprint density at radius 2 is 1.48 bits per heavy atom. The number of anilines is 1. The van der Waals surface area contributed by atoms with Gasteiger partial charge < -0.3 is 5.32 Å².